The third-order valence-corrected chi connectivity index (χ3v) is 7.01. The predicted octanol–water partition coefficient (Wildman–Crippen LogP) is 5.67. The Balaban J connectivity index is 1.49. The van der Waals surface area contributed by atoms with Gasteiger partial charge < -0.3 is 9.47 Å². The number of aromatic nitrogens is 5. The summed E-state index contributed by atoms with van der Waals surface area (Å²) in [6, 6.07) is 5.89. The van der Waals surface area contributed by atoms with Crippen LogP contribution in [0.2, 0.25) is 5.02 Å². The Labute approximate surface area is 228 Å². The van der Waals surface area contributed by atoms with Crippen LogP contribution in [0.3, 0.4) is 0 Å². The number of pyridine rings is 3. The number of rotatable bonds is 6. The van der Waals surface area contributed by atoms with Gasteiger partial charge in [0.1, 0.15) is 34.2 Å². The molecule has 0 aromatic carbocycles. The zero-order valence-electron chi connectivity index (χ0n) is 21.6. The molecule has 0 radical (unpaired) electrons. The maximum absolute atomic E-state index is 14.2. The summed E-state index contributed by atoms with van der Waals surface area (Å²) in [5.74, 6) is -0.612. The Morgan fingerprint density at radius 1 is 1.08 bits per heavy atom. The van der Waals surface area contributed by atoms with E-state index in [0.29, 0.717) is 36.0 Å². The molecule has 1 fully saturated rings. The third kappa shape index (κ3) is 5.53. The van der Waals surface area contributed by atoms with Gasteiger partial charge in [-0.25, -0.2) is 18.7 Å². The van der Waals surface area contributed by atoms with Crippen LogP contribution < -0.4 is 10.3 Å². The number of hydrogen-bond donors (Lipinski definition) is 0. The van der Waals surface area contributed by atoms with Crippen LogP contribution in [0.15, 0.2) is 47.7 Å². The number of aryl methyl sites for hydroxylation is 2. The standard InChI is InChI=1S/C28H26ClF2N5O3/c1-15-13-33-22(21-4-7-32-27(35-21)18-5-8-38-9-6-18)12-23(15)36-16(2)10-24(25(29)28(36)37)39-17(3)26-20(31)11-19(30)14-34-26/h4,7,10-14,17-18H,5-6,8-9H2,1-3H3. The second kappa shape index (κ2) is 11.2. The minimum absolute atomic E-state index is 0.0669. The molecule has 0 aliphatic carbocycles. The first kappa shape index (κ1) is 26.8. The maximum Gasteiger partial charge on any atom is 0.277 e. The highest BCUT2D eigenvalue weighted by Gasteiger charge is 2.22. The molecule has 1 saturated heterocycles. The quantitative estimate of drug-likeness (QED) is 0.304. The van der Waals surface area contributed by atoms with Crippen molar-refractivity contribution >= 4 is 11.6 Å². The lowest BCUT2D eigenvalue weighted by Crippen LogP contribution is -2.23. The van der Waals surface area contributed by atoms with Crippen molar-refractivity contribution in [2.75, 3.05) is 13.2 Å². The van der Waals surface area contributed by atoms with Gasteiger partial charge in [0.15, 0.2) is 5.82 Å². The van der Waals surface area contributed by atoms with Crippen molar-refractivity contribution < 1.29 is 18.3 Å². The lowest BCUT2D eigenvalue weighted by Gasteiger charge is -2.21. The molecule has 11 heteroatoms. The summed E-state index contributed by atoms with van der Waals surface area (Å²) in [7, 11) is 0. The minimum atomic E-state index is -0.922. The van der Waals surface area contributed by atoms with Gasteiger partial charge >= 0.3 is 0 Å². The summed E-state index contributed by atoms with van der Waals surface area (Å²) in [6.45, 7) is 6.48. The van der Waals surface area contributed by atoms with E-state index in [1.54, 1.807) is 37.5 Å². The molecule has 4 aromatic rings. The van der Waals surface area contributed by atoms with Gasteiger partial charge in [-0.05, 0) is 51.3 Å². The van der Waals surface area contributed by atoms with Gasteiger partial charge in [-0.2, -0.15) is 0 Å². The third-order valence-electron chi connectivity index (χ3n) is 6.66. The van der Waals surface area contributed by atoms with Crippen LogP contribution in [0.5, 0.6) is 5.75 Å². The molecule has 0 N–H and O–H groups in total. The first-order valence-electron chi connectivity index (χ1n) is 12.5. The van der Waals surface area contributed by atoms with E-state index in [0.717, 1.165) is 36.5 Å². The minimum Gasteiger partial charge on any atom is -0.482 e. The average Bonchev–Trinajstić information content (AvgIpc) is 2.93. The van der Waals surface area contributed by atoms with Crippen molar-refractivity contribution in [1.29, 1.82) is 0 Å². The Bertz CT molecular complexity index is 1590. The molecule has 0 saturated carbocycles. The molecule has 1 atom stereocenters. The van der Waals surface area contributed by atoms with Gasteiger partial charge in [0.05, 0.1) is 23.3 Å². The van der Waals surface area contributed by atoms with Crippen LogP contribution in [0.4, 0.5) is 8.78 Å². The van der Waals surface area contributed by atoms with Gasteiger partial charge in [-0.15, -0.1) is 0 Å². The van der Waals surface area contributed by atoms with Crippen LogP contribution in [0.25, 0.3) is 17.1 Å². The summed E-state index contributed by atoms with van der Waals surface area (Å²) in [6.07, 6.45) is 5.09. The number of ether oxygens (including phenoxy) is 2. The maximum atomic E-state index is 14.2. The summed E-state index contributed by atoms with van der Waals surface area (Å²) in [4.78, 5) is 31.0. The molecule has 39 heavy (non-hydrogen) atoms. The van der Waals surface area contributed by atoms with Crippen molar-refractivity contribution in [3.8, 4) is 22.8 Å². The van der Waals surface area contributed by atoms with Gasteiger partial charge in [-0.3, -0.25) is 19.3 Å². The molecule has 202 valence electrons. The van der Waals surface area contributed by atoms with Crippen molar-refractivity contribution in [2.45, 2.75) is 45.6 Å². The molecule has 5 heterocycles. The monoisotopic (exact) mass is 553 g/mol. The van der Waals surface area contributed by atoms with E-state index in [2.05, 4.69) is 15.0 Å². The normalized spacial score (nSPS) is 14.8. The molecule has 0 bridgehead atoms. The predicted molar refractivity (Wildman–Crippen MR) is 141 cm³/mol. The van der Waals surface area contributed by atoms with Gasteiger partial charge in [-0.1, -0.05) is 11.6 Å². The molecule has 1 aliphatic rings. The fourth-order valence-electron chi connectivity index (χ4n) is 4.60. The summed E-state index contributed by atoms with van der Waals surface area (Å²) >= 11 is 6.45. The van der Waals surface area contributed by atoms with E-state index in [-0.39, 0.29) is 22.4 Å². The van der Waals surface area contributed by atoms with Gasteiger partial charge in [0.25, 0.3) is 5.56 Å². The average molecular weight is 554 g/mol. The fraction of sp³-hybridized carbons (Fsp3) is 0.321. The summed E-state index contributed by atoms with van der Waals surface area (Å²) in [5.41, 5.74) is 2.48. The molecular weight excluding hydrogens is 528 g/mol. The Morgan fingerprint density at radius 2 is 1.85 bits per heavy atom. The van der Waals surface area contributed by atoms with Crippen molar-refractivity contribution in [2.24, 2.45) is 0 Å². The molecule has 1 aliphatic heterocycles. The van der Waals surface area contributed by atoms with E-state index in [4.69, 9.17) is 26.1 Å². The second-order valence-corrected chi connectivity index (χ2v) is 9.81. The van der Waals surface area contributed by atoms with Crippen molar-refractivity contribution in [1.82, 2.24) is 24.5 Å². The van der Waals surface area contributed by atoms with E-state index in [1.807, 2.05) is 6.92 Å². The van der Waals surface area contributed by atoms with E-state index in [1.165, 1.54) is 11.5 Å². The first-order valence-corrected chi connectivity index (χ1v) is 12.9. The lowest BCUT2D eigenvalue weighted by molar-refractivity contribution is 0.0836. The smallest absolute Gasteiger partial charge is 0.277 e. The molecule has 1 unspecified atom stereocenters. The summed E-state index contributed by atoms with van der Waals surface area (Å²) in [5, 5.41) is -0.184. The largest absolute Gasteiger partial charge is 0.482 e. The molecule has 8 nitrogen and oxygen atoms in total. The Kier molecular flexibility index (Phi) is 7.67. The van der Waals surface area contributed by atoms with Crippen LogP contribution in [-0.2, 0) is 4.74 Å². The Hall–Kier alpha value is -3.76. The highest BCUT2D eigenvalue weighted by molar-refractivity contribution is 6.31. The molecule has 4 aromatic heterocycles. The zero-order valence-corrected chi connectivity index (χ0v) is 22.4. The van der Waals surface area contributed by atoms with E-state index in [9.17, 15) is 13.6 Å². The van der Waals surface area contributed by atoms with Crippen LogP contribution in [0, 0.1) is 25.5 Å². The Morgan fingerprint density at radius 3 is 2.59 bits per heavy atom. The fourth-order valence-corrected chi connectivity index (χ4v) is 4.78. The lowest BCUT2D eigenvalue weighted by atomic mass is 9.99. The van der Waals surface area contributed by atoms with Crippen LogP contribution in [-0.4, -0.2) is 37.7 Å². The number of hydrogen-bond acceptors (Lipinski definition) is 7. The first-order chi connectivity index (χ1) is 18.7. The van der Waals surface area contributed by atoms with Crippen molar-refractivity contribution in [3.05, 3.63) is 92.6 Å². The highest BCUT2D eigenvalue weighted by atomic mass is 35.5. The topological polar surface area (TPSA) is 92.0 Å². The van der Waals surface area contributed by atoms with Gasteiger partial charge in [0, 0.05) is 49.4 Å². The SMILES string of the molecule is Cc1cnc(-c2ccnc(C3CCOCC3)n2)cc1-n1c(C)cc(OC(C)c2ncc(F)cc2F)c(Cl)c1=O. The van der Waals surface area contributed by atoms with E-state index < -0.39 is 23.3 Å². The molecule has 5 rings (SSSR count). The van der Waals surface area contributed by atoms with Crippen LogP contribution in [0.1, 0.15) is 54.6 Å². The van der Waals surface area contributed by atoms with Gasteiger partial charge in [0.2, 0.25) is 0 Å². The highest BCUT2D eigenvalue weighted by Crippen LogP contribution is 2.31. The number of nitrogens with zero attached hydrogens (tertiary/aromatic N) is 5. The molecule has 0 spiro atoms. The molecule has 0 amide bonds. The zero-order chi connectivity index (χ0) is 27.7. The number of halogens is 3. The van der Waals surface area contributed by atoms with E-state index >= 15 is 0 Å². The second-order valence-electron chi connectivity index (χ2n) is 9.43. The molecular formula is C28H26ClF2N5O3. The van der Waals surface area contributed by atoms with Crippen LogP contribution >= 0.6 is 11.6 Å². The van der Waals surface area contributed by atoms with Crippen molar-refractivity contribution in [3.63, 3.8) is 0 Å². The summed E-state index contributed by atoms with van der Waals surface area (Å²) < 4.78 is 40.2.